The summed E-state index contributed by atoms with van der Waals surface area (Å²) in [4.78, 5) is 30.4. The maximum Gasteiger partial charge on any atom is 0.328 e. The number of benzene rings is 2. The second-order valence-electron chi connectivity index (χ2n) is 8.88. The van der Waals surface area contributed by atoms with Gasteiger partial charge in [-0.1, -0.05) is 11.6 Å². The molecule has 0 aliphatic rings. The van der Waals surface area contributed by atoms with Crippen LogP contribution in [-0.4, -0.2) is 41.8 Å². The average Bonchev–Trinajstić information content (AvgIpc) is 2.87. The van der Waals surface area contributed by atoms with Crippen LogP contribution in [0.3, 0.4) is 0 Å². The largest absolute Gasteiger partial charge is 0.507 e. The average molecular weight is 525 g/mol. The lowest BCUT2D eigenvalue weighted by Gasteiger charge is -2.16. The Morgan fingerprint density at radius 3 is 2.45 bits per heavy atom. The van der Waals surface area contributed by atoms with Gasteiger partial charge in [0.15, 0.2) is 11.7 Å². The van der Waals surface area contributed by atoms with E-state index >= 15 is 0 Å². The molecule has 3 aromatic rings. The number of fused-ring (bicyclic) bond motifs is 1. The summed E-state index contributed by atoms with van der Waals surface area (Å²) >= 11 is 0. The molecule has 202 valence electrons. The zero-order valence-electron chi connectivity index (χ0n) is 21.5. The molecule has 0 unspecified atom stereocenters. The molecule has 0 bridgehead atoms. The topological polar surface area (TPSA) is 197 Å². The molecule has 0 saturated heterocycles. The zero-order chi connectivity index (χ0) is 28.0. The molecule has 0 radical (unpaired) electrons. The van der Waals surface area contributed by atoms with Crippen LogP contribution in [-0.2, 0) is 11.2 Å². The zero-order valence-corrected chi connectivity index (χ0v) is 21.5. The lowest BCUT2D eigenvalue weighted by molar-refractivity contribution is -0.136. The Bertz CT molecular complexity index is 1430. The lowest BCUT2D eigenvalue weighted by Crippen LogP contribution is -2.35. The van der Waals surface area contributed by atoms with Crippen molar-refractivity contribution in [2.45, 2.75) is 39.2 Å². The Morgan fingerprint density at radius 1 is 1.16 bits per heavy atom. The highest BCUT2D eigenvalue weighted by atomic mass is 16.5. The predicted octanol–water partition coefficient (Wildman–Crippen LogP) is 2.67. The van der Waals surface area contributed by atoms with Crippen LogP contribution >= 0.6 is 0 Å². The second kappa shape index (κ2) is 12.2. The molecule has 11 heteroatoms. The van der Waals surface area contributed by atoms with Crippen molar-refractivity contribution in [3.63, 3.8) is 0 Å². The van der Waals surface area contributed by atoms with Gasteiger partial charge in [0, 0.05) is 23.7 Å². The number of hydrogen-bond acceptors (Lipinski definition) is 9. The first-order valence-corrected chi connectivity index (χ1v) is 11.9. The Balaban J connectivity index is 2.16. The van der Waals surface area contributed by atoms with Crippen molar-refractivity contribution in [1.29, 1.82) is 0 Å². The first kappa shape index (κ1) is 28.1. The van der Waals surface area contributed by atoms with Crippen LogP contribution in [0.4, 0.5) is 0 Å². The van der Waals surface area contributed by atoms with Gasteiger partial charge in [-0.05, 0) is 57.4 Å². The molecule has 0 aliphatic heterocycles. The smallest absolute Gasteiger partial charge is 0.328 e. The van der Waals surface area contributed by atoms with Gasteiger partial charge < -0.3 is 41.3 Å². The molecule has 0 amide bonds. The molecular weight excluding hydrogens is 492 g/mol. The molecule has 1 aromatic heterocycles. The number of rotatable bonds is 10. The van der Waals surface area contributed by atoms with E-state index in [9.17, 15) is 19.8 Å². The maximum absolute atomic E-state index is 13.7. The fraction of sp³-hybridized carbons (Fsp3) is 0.296. The fourth-order valence-electron chi connectivity index (χ4n) is 3.71. The number of carbonyl (C=O) groups is 1. The van der Waals surface area contributed by atoms with Crippen LogP contribution in [0.15, 0.2) is 56.2 Å². The van der Waals surface area contributed by atoms with Gasteiger partial charge in [-0.2, -0.15) is 0 Å². The number of guanidine groups is 1. The third kappa shape index (κ3) is 6.43. The number of methoxy groups -OCH3 is 1. The SMILES string of the molecule is COc1ccc(-c2oc3c(CC=C(C)C)c(O)cc(O)c3c(=O)c2OC(=O)[C@@H](N)CCCN=C(N)N)cc1. The number of carbonyl (C=O) groups excluding carboxylic acids is 1. The molecule has 2 aromatic carbocycles. The van der Waals surface area contributed by atoms with Gasteiger partial charge in [0.2, 0.25) is 11.2 Å². The number of allylic oxidation sites excluding steroid dienone is 2. The third-order valence-corrected chi connectivity index (χ3v) is 5.72. The minimum Gasteiger partial charge on any atom is -0.507 e. The molecule has 0 saturated carbocycles. The highest BCUT2D eigenvalue weighted by Crippen LogP contribution is 2.39. The molecule has 38 heavy (non-hydrogen) atoms. The van der Waals surface area contributed by atoms with Crippen LogP contribution in [0.5, 0.6) is 23.0 Å². The summed E-state index contributed by atoms with van der Waals surface area (Å²) in [5, 5.41) is 20.9. The van der Waals surface area contributed by atoms with Gasteiger partial charge >= 0.3 is 5.97 Å². The number of nitrogens with zero attached hydrogens (tertiary/aromatic N) is 1. The molecule has 11 nitrogen and oxygen atoms in total. The fourth-order valence-corrected chi connectivity index (χ4v) is 3.71. The molecule has 8 N–H and O–H groups in total. The highest BCUT2D eigenvalue weighted by Gasteiger charge is 2.27. The Morgan fingerprint density at radius 2 is 1.84 bits per heavy atom. The molecular formula is C27H32N4O7. The van der Waals surface area contributed by atoms with E-state index < -0.39 is 28.9 Å². The highest BCUT2D eigenvalue weighted by molar-refractivity contribution is 5.92. The summed E-state index contributed by atoms with van der Waals surface area (Å²) in [7, 11) is 1.51. The standard InChI is InChI=1S/C27H32N4O7/c1-14(2)6-11-17-19(32)13-20(33)21-22(34)25(38-26(35)18(28)5-4-12-31-27(29)30)23(37-24(17)21)15-7-9-16(36-3)10-8-15/h6-10,13,18,32-33H,4-5,11-12,28H2,1-3H3,(H4,29,30,31)/t18-/m0/s1. The number of aliphatic imine (C=N–C) groups is 1. The summed E-state index contributed by atoms with van der Waals surface area (Å²) < 4.78 is 16.8. The molecule has 1 heterocycles. The van der Waals surface area contributed by atoms with Crippen molar-refractivity contribution in [3.8, 4) is 34.3 Å². The van der Waals surface area contributed by atoms with Crippen LogP contribution in [0.2, 0.25) is 0 Å². The van der Waals surface area contributed by atoms with E-state index in [0.29, 0.717) is 23.3 Å². The summed E-state index contributed by atoms with van der Waals surface area (Å²) in [5.74, 6) is -1.68. The molecule has 1 atom stereocenters. The van der Waals surface area contributed by atoms with Gasteiger partial charge in [-0.25, -0.2) is 4.79 Å². The lowest BCUT2D eigenvalue weighted by atomic mass is 10.0. The summed E-state index contributed by atoms with van der Waals surface area (Å²) in [6, 6.07) is 6.50. The summed E-state index contributed by atoms with van der Waals surface area (Å²) in [6.07, 6.45) is 2.67. The van der Waals surface area contributed by atoms with Crippen LogP contribution in [0, 0.1) is 0 Å². The number of nitrogens with two attached hydrogens (primary N) is 3. The Hall–Kier alpha value is -4.51. The maximum atomic E-state index is 13.7. The summed E-state index contributed by atoms with van der Waals surface area (Å²) in [6.45, 7) is 4.04. The van der Waals surface area contributed by atoms with Crippen molar-refractivity contribution in [2.75, 3.05) is 13.7 Å². The van der Waals surface area contributed by atoms with E-state index in [1.807, 2.05) is 19.9 Å². The Labute approximate surface area is 219 Å². The Kier molecular flexibility index (Phi) is 8.98. The normalized spacial score (nSPS) is 11.6. The van der Waals surface area contributed by atoms with Gasteiger partial charge in [-0.3, -0.25) is 9.79 Å². The van der Waals surface area contributed by atoms with E-state index in [4.69, 9.17) is 31.1 Å². The number of aromatic hydroxyl groups is 2. The van der Waals surface area contributed by atoms with Crippen LogP contribution in [0.1, 0.15) is 32.3 Å². The first-order valence-electron chi connectivity index (χ1n) is 11.9. The minimum atomic E-state index is -1.08. The summed E-state index contributed by atoms with van der Waals surface area (Å²) in [5.41, 5.74) is 17.4. The van der Waals surface area contributed by atoms with Crippen molar-refractivity contribution in [1.82, 2.24) is 0 Å². The number of esters is 1. The quantitative estimate of drug-likeness (QED) is 0.0864. The van der Waals surface area contributed by atoms with Crippen LogP contribution in [0.25, 0.3) is 22.3 Å². The number of phenolic OH excluding ortho intramolecular Hbond substituents is 2. The predicted molar refractivity (Wildman–Crippen MR) is 144 cm³/mol. The van der Waals surface area contributed by atoms with Gasteiger partial charge in [-0.15, -0.1) is 0 Å². The molecule has 0 spiro atoms. The van der Waals surface area contributed by atoms with Crippen molar-refractivity contribution >= 4 is 22.9 Å². The minimum absolute atomic E-state index is 0.0304. The number of phenols is 2. The third-order valence-electron chi connectivity index (χ3n) is 5.72. The van der Waals surface area contributed by atoms with Crippen molar-refractivity contribution in [3.05, 3.63) is 57.8 Å². The van der Waals surface area contributed by atoms with E-state index in [0.717, 1.165) is 11.6 Å². The first-order chi connectivity index (χ1) is 18.0. The van der Waals surface area contributed by atoms with Crippen molar-refractivity contribution < 1.29 is 28.9 Å². The van der Waals surface area contributed by atoms with Gasteiger partial charge in [0.05, 0.1) is 7.11 Å². The van der Waals surface area contributed by atoms with Crippen LogP contribution < -0.4 is 32.1 Å². The van der Waals surface area contributed by atoms with Gasteiger partial charge in [0.25, 0.3) is 0 Å². The molecule has 0 fully saturated rings. The van der Waals surface area contributed by atoms with Crippen molar-refractivity contribution in [2.24, 2.45) is 22.2 Å². The molecule has 3 rings (SSSR count). The molecule has 0 aliphatic carbocycles. The van der Waals surface area contributed by atoms with E-state index in [2.05, 4.69) is 4.99 Å². The monoisotopic (exact) mass is 524 g/mol. The number of ether oxygens (including phenoxy) is 2. The number of hydrogen-bond donors (Lipinski definition) is 5. The van der Waals surface area contributed by atoms with E-state index in [1.165, 1.54) is 7.11 Å². The van der Waals surface area contributed by atoms with E-state index in [1.54, 1.807) is 24.3 Å². The van der Waals surface area contributed by atoms with E-state index in [-0.39, 0.29) is 47.8 Å². The van der Waals surface area contributed by atoms with Gasteiger partial charge in [0.1, 0.15) is 34.3 Å². The second-order valence-corrected chi connectivity index (χ2v) is 8.88.